The van der Waals surface area contributed by atoms with Gasteiger partial charge in [-0.25, -0.2) is 4.98 Å². The van der Waals surface area contributed by atoms with Crippen molar-refractivity contribution in [1.29, 1.82) is 0 Å². The summed E-state index contributed by atoms with van der Waals surface area (Å²) in [7, 11) is 0. The van der Waals surface area contributed by atoms with Crippen LogP contribution in [-0.2, 0) is 5.41 Å². The second-order valence-corrected chi connectivity index (χ2v) is 10.6. The van der Waals surface area contributed by atoms with Crippen LogP contribution in [0.4, 0.5) is 0 Å². The molecule has 0 unspecified atom stereocenters. The molecule has 0 radical (unpaired) electrons. The van der Waals surface area contributed by atoms with Crippen LogP contribution in [0.1, 0.15) is 26.3 Å². The Kier molecular flexibility index (Phi) is 4.40. The Labute approximate surface area is 210 Å². The first-order chi connectivity index (χ1) is 17.5. The monoisotopic (exact) mass is 465 g/mol. The van der Waals surface area contributed by atoms with E-state index in [0.29, 0.717) is 0 Å². The highest BCUT2D eigenvalue weighted by molar-refractivity contribution is 6.10. The zero-order chi connectivity index (χ0) is 24.4. The van der Waals surface area contributed by atoms with Crippen molar-refractivity contribution in [1.82, 2.24) is 14.1 Å². The number of para-hydroxylation sites is 4. The van der Waals surface area contributed by atoms with Crippen molar-refractivity contribution in [2.45, 2.75) is 26.2 Å². The topological polar surface area (TPSA) is 22.8 Å². The average Bonchev–Trinajstić information content (AvgIpc) is 3.41. The van der Waals surface area contributed by atoms with Crippen molar-refractivity contribution in [2.75, 3.05) is 0 Å². The van der Waals surface area contributed by atoms with Gasteiger partial charge in [0, 0.05) is 21.5 Å². The fraction of sp³-hybridized carbons (Fsp3) is 0.121. The summed E-state index contributed by atoms with van der Waals surface area (Å²) in [6, 6.07) is 39.0. The van der Waals surface area contributed by atoms with Gasteiger partial charge >= 0.3 is 0 Å². The number of aromatic nitrogens is 3. The van der Waals surface area contributed by atoms with Crippen LogP contribution in [0.5, 0.6) is 0 Å². The van der Waals surface area contributed by atoms with E-state index in [-0.39, 0.29) is 5.41 Å². The Morgan fingerprint density at radius 3 is 1.08 bits per heavy atom. The minimum Gasteiger partial charge on any atom is -0.294 e. The summed E-state index contributed by atoms with van der Waals surface area (Å²) in [5, 5.41) is 4.98. The van der Waals surface area contributed by atoms with Crippen molar-refractivity contribution in [3.8, 4) is 11.6 Å². The van der Waals surface area contributed by atoms with E-state index in [0.717, 1.165) is 11.6 Å². The maximum Gasteiger partial charge on any atom is 0.140 e. The molecular formula is C33H27N3. The van der Waals surface area contributed by atoms with Crippen LogP contribution < -0.4 is 0 Å². The molecule has 0 saturated heterocycles. The van der Waals surface area contributed by atoms with Gasteiger partial charge in [0.25, 0.3) is 0 Å². The Hall–Kier alpha value is -4.37. The van der Waals surface area contributed by atoms with E-state index < -0.39 is 0 Å². The van der Waals surface area contributed by atoms with E-state index >= 15 is 0 Å². The van der Waals surface area contributed by atoms with Crippen LogP contribution in [0.3, 0.4) is 0 Å². The average molecular weight is 466 g/mol. The van der Waals surface area contributed by atoms with Crippen molar-refractivity contribution >= 4 is 43.6 Å². The first-order valence-corrected chi connectivity index (χ1v) is 12.5. The van der Waals surface area contributed by atoms with Crippen LogP contribution in [0.15, 0.2) is 109 Å². The lowest BCUT2D eigenvalue weighted by molar-refractivity contribution is 0.588. The molecule has 0 aliphatic rings. The summed E-state index contributed by atoms with van der Waals surface area (Å²) in [6.07, 6.45) is 0. The van der Waals surface area contributed by atoms with Gasteiger partial charge in [0.15, 0.2) is 0 Å². The van der Waals surface area contributed by atoms with E-state index in [2.05, 4.69) is 139 Å². The van der Waals surface area contributed by atoms with Gasteiger partial charge in [0.1, 0.15) is 11.6 Å². The molecule has 0 saturated carbocycles. The molecule has 3 nitrogen and oxygen atoms in total. The number of hydrogen-bond acceptors (Lipinski definition) is 1. The van der Waals surface area contributed by atoms with Crippen LogP contribution in [-0.4, -0.2) is 14.1 Å². The minimum atomic E-state index is -0.0377. The van der Waals surface area contributed by atoms with Crippen LogP contribution in [0, 0.1) is 0 Å². The smallest absolute Gasteiger partial charge is 0.140 e. The zero-order valence-electron chi connectivity index (χ0n) is 20.7. The van der Waals surface area contributed by atoms with Gasteiger partial charge in [-0.1, -0.05) is 93.6 Å². The highest BCUT2D eigenvalue weighted by atomic mass is 15.1. The predicted octanol–water partition coefficient (Wildman–Crippen LogP) is 8.57. The van der Waals surface area contributed by atoms with Gasteiger partial charge in [-0.3, -0.25) is 9.13 Å². The van der Waals surface area contributed by atoms with Gasteiger partial charge in [-0.05, 0) is 47.4 Å². The molecule has 36 heavy (non-hydrogen) atoms. The Bertz CT molecular complexity index is 1690. The van der Waals surface area contributed by atoms with Crippen LogP contribution in [0.25, 0.3) is 55.2 Å². The van der Waals surface area contributed by atoms with Crippen LogP contribution >= 0.6 is 0 Å². The van der Waals surface area contributed by atoms with Crippen molar-refractivity contribution in [3.05, 3.63) is 115 Å². The molecular weight excluding hydrogens is 438 g/mol. The zero-order valence-corrected chi connectivity index (χ0v) is 20.7. The number of nitrogens with zero attached hydrogens (tertiary/aromatic N) is 3. The number of fused-ring (bicyclic) bond motifs is 6. The Balaban J connectivity index is 1.62. The molecule has 0 amide bonds. The summed E-state index contributed by atoms with van der Waals surface area (Å²) < 4.78 is 4.63. The molecule has 0 N–H and O–H groups in total. The van der Waals surface area contributed by atoms with Gasteiger partial charge in [0.05, 0.1) is 22.1 Å². The molecule has 0 bridgehead atoms. The summed E-state index contributed by atoms with van der Waals surface area (Å²) in [5.41, 5.74) is 5.90. The summed E-state index contributed by atoms with van der Waals surface area (Å²) in [4.78, 5) is 5.36. The maximum atomic E-state index is 5.36. The Morgan fingerprint density at radius 1 is 0.472 bits per heavy atom. The lowest BCUT2D eigenvalue weighted by Gasteiger charge is -2.22. The standard InChI is InChI=1S/C33H27N3/c1-33(2,3)22-20-31(35-27-16-8-4-12-23(27)24-13-5-9-17-28(24)35)34-32(21-22)36-29-18-10-6-14-25(29)26-15-7-11-19-30(26)36/h4-21H,1-3H3. The molecule has 0 spiro atoms. The quantitative estimate of drug-likeness (QED) is 0.251. The summed E-state index contributed by atoms with van der Waals surface area (Å²) >= 11 is 0. The molecule has 0 atom stereocenters. The first kappa shape index (κ1) is 21.0. The highest BCUT2D eigenvalue weighted by Gasteiger charge is 2.21. The fourth-order valence-electron chi connectivity index (χ4n) is 5.50. The first-order valence-electron chi connectivity index (χ1n) is 12.5. The van der Waals surface area contributed by atoms with Crippen molar-refractivity contribution in [3.63, 3.8) is 0 Å². The van der Waals surface area contributed by atoms with Crippen molar-refractivity contribution in [2.24, 2.45) is 0 Å². The molecule has 3 heterocycles. The van der Waals surface area contributed by atoms with E-state index in [1.165, 1.54) is 49.2 Å². The van der Waals surface area contributed by atoms with Gasteiger partial charge in [0.2, 0.25) is 0 Å². The lowest BCUT2D eigenvalue weighted by Crippen LogP contribution is -2.14. The van der Waals surface area contributed by atoms with Crippen LogP contribution in [0.2, 0.25) is 0 Å². The van der Waals surface area contributed by atoms with Gasteiger partial charge < -0.3 is 0 Å². The van der Waals surface area contributed by atoms with Crippen molar-refractivity contribution < 1.29 is 0 Å². The number of benzene rings is 4. The number of hydrogen-bond donors (Lipinski definition) is 0. The molecule has 0 aliphatic carbocycles. The lowest BCUT2D eigenvalue weighted by atomic mass is 9.87. The highest BCUT2D eigenvalue weighted by Crippen LogP contribution is 2.36. The minimum absolute atomic E-state index is 0.0377. The summed E-state index contributed by atoms with van der Waals surface area (Å²) in [6.45, 7) is 6.81. The second-order valence-electron chi connectivity index (χ2n) is 10.6. The van der Waals surface area contributed by atoms with E-state index in [1.54, 1.807) is 0 Å². The molecule has 0 fully saturated rings. The fourth-order valence-corrected chi connectivity index (χ4v) is 5.50. The Morgan fingerprint density at radius 2 is 0.778 bits per heavy atom. The molecule has 7 rings (SSSR count). The second kappa shape index (κ2) is 7.56. The normalized spacial score (nSPS) is 12.3. The third-order valence-electron chi connectivity index (χ3n) is 7.28. The largest absolute Gasteiger partial charge is 0.294 e. The van der Waals surface area contributed by atoms with E-state index in [1.807, 2.05) is 0 Å². The van der Waals surface area contributed by atoms with Gasteiger partial charge in [-0.15, -0.1) is 0 Å². The molecule has 3 aromatic heterocycles. The molecule has 4 aromatic carbocycles. The third kappa shape index (κ3) is 3.02. The van der Waals surface area contributed by atoms with E-state index in [9.17, 15) is 0 Å². The SMILES string of the molecule is CC(C)(C)c1cc(-n2c3ccccc3c3ccccc32)nc(-n2c3ccccc3c3ccccc32)c1. The van der Waals surface area contributed by atoms with Gasteiger partial charge in [-0.2, -0.15) is 0 Å². The molecule has 0 aliphatic heterocycles. The third-order valence-corrected chi connectivity index (χ3v) is 7.28. The maximum absolute atomic E-state index is 5.36. The molecule has 174 valence electrons. The number of pyridine rings is 1. The van der Waals surface area contributed by atoms with E-state index in [4.69, 9.17) is 4.98 Å². The number of rotatable bonds is 2. The molecule has 7 aromatic rings. The predicted molar refractivity (Wildman–Crippen MR) is 152 cm³/mol. The molecule has 3 heteroatoms. The summed E-state index contributed by atoms with van der Waals surface area (Å²) in [5.74, 6) is 1.88.